The van der Waals surface area contributed by atoms with Crippen LogP contribution in [0.4, 0.5) is 10.5 Å². The van der Waals surface area contributed by atoms with Crippen molar-refractivity contribution in [2.45, 2.75) is 217 Å². The molecule has 1 unspecified atom stereocenters. The van der Waals surface area contributed by atoms with Crippen molar-refractivity contribution < 1.29 is 73.4 Å². The molecule has 6 rings (SSSR count). The van der Waals surface area contributed by atoms with Crippen molar-refractivity contribution in [3.05, 3.63) is 29.8 Å². The van der Waals surface area contributed by atoms with Gasteiger partial charge in [0.2, 0.25) is 0 Å². The number of benzene rings is 1. The van der Waals surface area contributed by atoms with Gasteiger partial charge >= 0.3 is 12.1 Å². The fourth-order valence-electron chi connectivity index (χ4n) is 12.1. The maximum Gasteiger partial charge on any atom is 0.414 e. The van der Waals surface area contributed by atoms with Crippen molar-refractivity contribution in [1.82, 2.24) is 14.8 Å². The molecule has 0 aliphatic carbocycles. The van der Waals surface area contributed by atoms with Crippen LogP contribution in [0.3, 0.4) is 0 Å². The van der Waals surface area contributed by atoms with E-state index in [0.717, 1.165) is 17.7 Å². The summed E-state index contributed by atoms with van der Waals surface area (Å²) in [5.41, 5.74) is -2.73. The van der Waals surface area contributed by atoms with Crippen LogP contribution in [-0.2, 0) is 44.4 Å². The van der Waals surface area contributed by atoms with E-state index < -0.39 is 114 Å². The van der Waals surface area contributed by atoms with E-state index in [2.05, 4.69) is 15.2 Å². The zero-order valence-corrected chi connectivity index (χ0v) is 46.9. The summed E-state index contributed by atoms with van der Waals surface area (Å²) in [6.45, 7) is 19.9. The minimum Gasteiger partial charge on any atom is -0.459 e. The molecule has 0 bridgehead atoms. The molecular formula is C54H92N6O15. The molecule has 5 aliphatic rings. The van der Waals surface area contributed by atoms with E-state index in [9.17, 15) is 40.2 Å². The largest absolute Gasteiger partial charge is 0.459 e. The number of carbonyl (C=O) groups is 2. The molecule has 0 saturated carbocycles. The molecule has 1 amide bonds. The number of cyclic esters (lactones) is 2. The first-order valence-corrected chi connectivity index (χ1v) is 27.3. The molecule has 0 spiro atoms. The van der Waals surface area contributed by atoms with E-state index in [4.69, 9.17) is 33.2 Å². The number of aryl methyl sites for hydroxylation is 1. The summed E-state index contributed by atoms with van der Waals surface area (Å²) in [5, 5.41) is 79.8. The first-order valence-electron chi connectivity index (χ1n) is 27.3. The summed E-state index contributed by atoms with van der Waals surface area (Å²) in [7, 11) is 5.27. The third-order valence-corrected chi connectivity index (χ3v) is 16.8. The number of likely N-dealkylation sites (N-methyl/N-ethyl adjacent to an activating group) is 2. The zero-order chi connectivity index (χ0) is 55.3. The van der Waals surface area contributed by atoms with E-state index in [-0.39, 0.29) is 43.9 Å². The molecule has 20 atom stereocenters. The molecule has 0 aromatic heterocycles. The molecule has 5 aliphatic heterocycles. The van der Waals surface area contributed by atoms with Crippen molar-refractivity contribution in [2.75, 3.05) is 65.4 Å². The molecule has 21 heteroatoms. The second kappa shape index (κ2) is 25.7. The molecule has 75 heavy (non-hydrogen) atoms. The number of amides is 1. The van der Waals surface area contributed by atoms with E-state index in [1.807, 2.05) is 69.0 Å². The number of ether oxygens (including phenoxy) is 7. The van der Waals surface area contributed by atoms with E-state index in [0.29, 0.717) is 52.0 Å². The Morgan fingerprint density at radius 2 is 1.60 bits per heavy atom. The van der Waals surface area contributed by atoms with Crippen LogP contribution in [0.15, 0.2) is 34.6 Å². The van der Waals surface area contributed by atoms with Gasteiger partial charge in [0.1, 0.15) is 36.1 Å². The monoisotopic (exact) mass is 1060 g/mol. The Morgan fingerprint density at radius 3 is 2.25 bits per heavy atom. The summed E-state index contributed by atoms with van der Waals surface area (Å²) in [4.78, 5) is 33.0. The minimum atomic E-state index is -1.84. The molecule has 4 saturated heterocycles. The van der Waals surface area contributed by atoms with Crippen LogP contribution < -0.4 is 4.90 Å². The Kier molecular flexibility index (Phi) is 21.0. The van der Waals surface area contributed by atoms with Gasteiger partial charge in [-0.25, -0.2) is 4.79 Å². The predicted molar refractivity (Wildman–Crippen MR) is 277 cm³/mol. The first kappa shape index (κ1) is 61.1. The van der Waals surface area contributed by atoms with Gasteiger partial charge in [-0.1, -0.05) is 38.1 Å². The topological polar surface area (TPSA) is 258 Å². The molecule has 0 radical (unpaired) electrons. The fraction of sp³-hybridized carbons (Fsp3) is 0.852. The second-order valence-corrected chi connectivity index (χ2v) is 23.3. The van der Waals surface area contributed by atoms with E-state index in [1.54, 1.807) is 46.4 Å². The van der Waals surface area contributed by atoms with Crippen molar-refractivity contribution in [1.29, 1.82) is 0 Å². The van der Waals surface area contributed by atoms with Crippen LogP contribution in [0.25, 0.3) is 0 Å². The standard InChI is InChI=1S/C54H92N6O15/c1-14-42-54(10,68)46(63)35(6)58(12)27-31(2)25-52(8,67)48(33(4)45(34(5)49(65)73-42)74-43-26-53(9,69-13)47(64)36(7)71-43)75-50-44(62)41(24-32(3)70-50)57(11)22-21-38-28-59(56-55-38)29-40-30-60(51(66)72-40)39-19-17-37(18-20-39)16-15-23-61/h17-20,31-36,38,40-48,50,61-64,67-68H,14-16,21-30H2,1-13H3/t31-,32-,33+,34-,35-,36+,38?,40+,41+,42-,43+,44-,45+,46-,47+,48-,50+,52-,53-,54-/m1/s1. The maximum atomic E-state index is 14.5. The van der Waals surface area contributed by atoms with Crippen molar-refractivity contribution >= 4 is 17.7 Å². The summed E-state index contributed by atoms with van der Waals surface area (Å²) < 4.78 is 44.1. The van der Waals surface area contributed by atoms with Crippen LogP contribution in [0.5, 0.6) is 0 Å². The van der Waals surface area contributed by atoms with E-state index >= 15 is 0 Å². The minimum absolute atomic E-state index is 0.0934. The highest BCUT2D eigenvalue weighted by atomic mass is 16.7. The highest BCUT2D eigenvalue weighted by molar-refractivity contribution is 5.89. The van der Waals surface area contributed by atoms with Gasteiger partial charge in [0.15, 0.2) is 12.6 Å². The number of methoxy groups -OCH3 is 1. The molecule has 428 valence electrons. The summed E-state index contributed by atoms with van der Waals surface area (Å²) in [6.07, 6.45) is -7.95. The normalized spacial score (nSPS) is 41.9. The molecule has 1 aromatic carbocycles. The number of anilines is 1. The summed E-state index contributed by atoms with van der Waals surface area (Å²) in [5.74, 6) is -2.82. The molecular weight excluding hydrogens is 973 g/mol. The fourth-order valence-corrected chi connectivity index (χ4v) is 12.1. The van der Waals surface area contributed by atoms with Crippen molar-refractivity contribution in [2.24, 2.45) is 28.1 Å². The van der Waals surface area contributed by atoms with Gasteiger partial charge in [-0.2, -0.15) is 5.11 Å². The maximum absolute atomic E-state index is 14.5. The molecule has 6 N–H and O–H groups in total. The van der Waals surface area contributed by atoms with Gasteiger partial charge in [-0.05, 0) is 125 Å². The van der Waals surface area contributed by atoms with Gasteiger partial charge in [-0.15, -0.1) is 0 Å². The van der Waals surface area contributed by atoms with Gasteiger partial charge in [0, 0.05) is 56.9 Å². The lowest BCUT2D eigenvalue weighted by Gasteiger charge is -2.49. The highest BCUT2D eigenvalue weighted by Gasteiger charge is 2.53. The number of aliphatic hydroxyl groups is 6. The Bertz CT molecular complexity index is 2020. The highest BCUT2D eigenvalue weighted by Crippen LogP contribution is 2.40. The quantitative estimate of drug-likeness (QED) is 0.129. The molecule has 21 nitrogen and oxygen atoms in total. The number of hydrogen-bond acceptors (Lipinski definition) is 20. The summed E-state index contributed by atoms with van der Waals surface area (Å²) in [6, 6.07) is 6.55. The predicted octanol–water partition coefficient (Wildman–Crippen LogP) is 3.66. The zero-order valence-electron chi connectivity index (χ0n) is 46.9. The Hall–Kier alpha value is -3.16. The average molecular weight is 1070 g/mol. The lowest BCUT2D eigenvalue weighted by atomic mass is 9.77. The van der Waals surface area contributed by atoms with Gasteiger partial charge in [0.25, 0.3) is 0 Å². The average Bonchev–Trinajstić information content (AvgIpc) is 3.98. The Morgan fingerprint density at radius 1 is 0.907 bits per heavy atom. The van der Waals surface area contributed by atoms with Crippen LogP contribution in [0.1, 0.15) is 113 Å². The van der Waals surface area contributed by atoms with Crippen molar-refractivity contribution in [3.8, 4) is 0 Å². The number of rotatable bonds is 16. The number of nitrogens with zero attached hydrogens (tertiary/aromatic N) is 6. The van der Waals surface area contributed by atoms with Crippen LogP contribution in [0.2, 0.25) is 0 Å². The van der Waals surface area contributed by atoms with Crippen LogP contribution in [0, 0.1) is 17.8 Å². The van der Waals surface area contributed by atoms with Gasteiger partial charge in [-0.3, -0.25) is 14.7 Å². The number of esters is 1. The smallest absolute Gasteiger partial charge is 0.414 e. The van der Waals surface area contributed by atoms with E-state index in [1.165, 1.54) is 14.0 Å². The molecule has 4 fully saturated rings. The van der Waals surface area contributed by atoms with Gasteiger partial charge < -0.3 is 73.6 Å². The van der Waals surface area contributed by atoms with Crippen molar-refractivity contribution in [3.63, 3.8) is 0 Å². The third kappa shape index (κ3) is 14.6. The Balaban J connectivity index is 1.18. The molecule has 5 heterocycles. The summed E-state index contributed by atoms with van der Waals surface area (Å²) >= 11 is 0. The number of carbonyl (C=O) groups excluding carboxylic acids is 2. The van der Waals surface area contributed by atoms with Crippen LogP contribution in [-0.4, -0.2) is 220 Å². The lowest BCUT2D eigenvalue weighted by molar-refractivity contribution is -0.318. The van der Waals surface area contributed by atoms with Crippen LogP contribution >= 0.6 is 0 Å². The molecule has 1 aromatic rings. The Labute approximate surface area is 444 Å². The lowest BCUT2D eigenvalue weighted by Crippen LogP contribution is -2.61. The van der Waals surface area contributed by atoms with Gasteiger partial charge in [0.05, 0.1) is 67.2 Å². The number of aliphatic hydroxyl groups excluding tert-OH is 4. The number of hydrogen-bond donors (Lipinski definition) is 6. The second-order valence-electron chi connectivity index (χ2n) is 23.3. The first-order chi connectivity index (χ1) is 35.2. The third-order valence-electron chi connectivity index (χ3n) is 16.8. The SMILES string of the molecule is CC[C@H]1OC(=O)[C@H](C)[C@@H](O[C@H]2C[C@@](C)(OC)[C@@H](O)[C@H](C)O2)[C@H](C)[C@@H](O[C@@H]2O[C@H](C)C[C@H](N(C)CCC3CN(C[C@H]4CN(c5ccc(CCCO)cc5)C(=O)O4)N=N3)[C@H]2O)[C@](C)(O)C[C@@H](C)CN(C)[C@H](C)[C@@H](O)[C@]1(C)O.